The minimum atomic E-state index is -1.46. The largest absolute Gasteiger partial charge is 0.460 e. The van der Waals surface area contributed by atoms with E-state index in [4.69, 9.17) is 31.4 Å². The number of ether oxygens (including phenoxy) is 3. The summed E-state index contributed by atoms with van der Waals surface area (Å²) in [6.07, 6.45) is 27.8. The molecule has 3 saturated heterocycles. The zero-order valence-corrected chi connectivity index (χ0v) is 88.9. The van der Waals surface area contributed by atoms with Crippen LogP contribution < -0.4 is 81.0 Å². The van der Waals surface area contributed by atoms with Crippen molar-refractivity contribution in [2.24, 2.45) is 81.8 Å². The van der Waals surface area contributed by atoms with Gasteiger partial charge >= 0.3 is 11.9 Å². The molecule has 21 N–H and O–H groups in total. The summed E-state index contributed by atoms with van der Waals surface area (Å²) in [6, 6.07) is -14.0. The van der Waals surface area contributed by atoms with E-state index in [1.807, 2.05) is 20.8 Å². The van der Waals surface area contributed by atoms with Gasteiger partial charge in [0.1, 0.15) is 97.8 Å². The maximum atomic E-state index is 14.2. The molecule has 146 heavy (non-hydrogen) atoms. The van der Waals surface area contributed by atoms with Gasteiger partial charge in [-0.15, -0.1) is 0 Å². The lowest BCUT2D eigenvalue weighted by Crippen LogP contribution is -2.62. The summed E-state index contributed by atoms with van der Waals surface area (Å²) in [7, 11) is 4.80. The third-order valence-corrected chi connectivity index (χ3v) is 33.0. The number of aliphatic hydroxyl groups is 3. The Labute approximate surface area is 862 Å². The lowest BCUT2D eigenvalue weighted by atomic mass is 9.51. The third-order valence-electron chi connectivity index (χ3n) is 33.0. The van der Waals surface area contributed by atoms with Crippen molar-refractivity contribution in [2.75, 3.05) is 60.5 Å². The SMILES string of the molecule is CCC[C@H]1C(=O)N[C@@H](C2CCCCC2)C(=O)N[C@@H](CN)C(=O)N[C@@H]([C@H](C)O)C(=O)N[C@H](C)CO[C@@H]2CCCCCC[C@H]2C(=O)N1C.CCC[C@H]1C(=O)N[C@@H](C2CCCCCC2)C(=O)N[C@@H](CN)C(=O)N[C@@H]([C@H](C)O)C(=O)NCC(=O)O[C@H](CC2CC3(CCC3)C2)[C@@H](C)C(=O)N1C.CCC[C@H]1C(=O)N[C@@H](C2CCCCCC2)C(=O)N[C@@H](CN)C(=O)N[C@@H]([C@H](C)O)C(=O)NCC(=O)O[C@H](CC2CC3CCC2C3)[C@@H](C)C(=O)N1C. The first-order valence-corrected chi connectivity index (χ1v) is 55.1. The molecule has 41 heteroatoms. The van der Waals surface area contributed by atoms with Crippen LogP contribution in [0.2, 0.25) is 0 Å². The number of likely N-dealkylation sites (N-methyl/N-ethyl adjacent to an activating group) is 3. The van der Waals surface area contributed by atoms with Crippen LogP contribution in [0.25, 0.3) is 0 Å². The molecule has 3 unspecified atom stereocenters. The Morgan fingerprint density at radius 1 is 0.370 bits per heavy atom. The molecule has 0 aromatic carbocycles. The number of hydrogen-bond donors (Lipinski definition) is 18. The van der Waals surface area contributed by atoms with Crippen LogP contribution in [0.5, 0.6) is 0 Å². The van der Waals surface area contributed by atoms with Crippen molar-refractivity contribution in [3.8, 4) is 0 Å². The maximum Gasteiger partial charge on any atom is 0.325 e. The predicted octanol–water partition coefficient (Wildman–Crippen LogP) is 2.77. The number of nitrogens with zero attached hydrogens (tertiary/aromatic N) is 3. The second kappa shape index (κ2) is 58.8. The molecular weight excluding hydrogens is 1880 g/mol. The molecule has 8 aliphatic carbocycles. The lowest BCUT2D eigenvalue weighted by Gasteiger charge is -2.55. The van der Waals surface area contributed by atoms with Crippen LogP contribution in [0.3, 0.4) is 0 Å². The van der Waals surface area contributed by atoms with Crippen LogP contribution in [0.15, 0.2) is 0 Å². The van der Waals surface area contributed by atoms with Gasteiger partial charge in [-0.3, -0.25) is 81.5 Å². The number of carbonyl (C=O) groups excluding carboxylic acids is 17. The van der Waals surface area contributed by atoms with E-state index in [1.165, 1.54) is 61.2 Å². The van der Waals surface area contributed by atoms with Crippen molar-refractivity contribution in [1.82, 2.24) is 78.5 Å². The van der Waals surface area contributed by atoms with Crippen LogP contribution in [0.4, 0.5) is 0 Å². The predicted molar refractivity (Wildman–Crippen MR) is 543 cm³/mol. The van der Waals surface area contributed by atoms with E-state index in [1.54, 1.807) is 41.9 Å². The van der Waals surface area contributed by atoms with Gasteiger partial charge in [0.2, 0.25) is 88.6 Å². The fourth-order valence-corrected chi connectivity index (χ4v) is 24.1. The molecule has 0 aromatic rings. The number of hydrogen-bond acceptors (Lipinski definition) is 26. The maximum absolute atomic E-state index is 14.2. The Kier molecular flexibility index (Phi) is 48.4. The zero-order valence-electron chi connectivity index (χ0n) is 88.9. The standard InChI is InChI=1S/2C36H60N6O8.C33H58N6O7/c1-5-11-26-32(46)41-30(24-12-8-6-7-9-13-24)34(48)39-25(19-37)31(45)40-29(22(3)43)33(47)38-20-28(44)50-27(21(2)35(49)42(26)4)16-23-17-36(18-23)14-10-15-36;1-5-10-27-33(46)41-31(23-11-8-6-7-9-12-23)35(48)39-26(18-37)32(45)40-30(21(3)43)34(47)38-19-29(44)50-28(20(2)36(49)42(27)4)17-25-16-22-13-14-24(25)15-22;1-5-13-25-30(42)38-28(22-14-9-8-10-15-22)32(44)36-24(18-34)29(41)37-27(21(3)40)31(43)35-20(2)19-46-26-17-12-7-6-11-16-23(26)33(45)39(25)4/h21-27,29-30,43H,5-20,37H2,1-4H3,(H,38,47)(H,39,48)(H,40,45)(H,41,46);20-28,30-31,43H,5-19,37H2,1-4H3,(H,38,47)(H,39,48)(H,40,45)(H,41,46);20-28,40H,5-19,34H2,1-4H3,(H,35,43)(H,36,44)(H,37,41)(H,38,42)/t21-,22+,25+,26+,27-,29+,30+;20-,21+,22?,24?,25?,26+,27+,28-,30+,31+;20-,21+,23-,24+,25+,26-,27+,28+/m111/s1. The second-order valence-corrected chi connectivity index (χ2v) is 44.2. The average Bonchev–Trinajstić information content (AvgIpc) is 1.13. The molecule has 0 radical (unpaired) electrons. The summed E-state index contributed by atoms with van der Waals surface area (Å²) >= 11 is 0. The average molecular weight is 2060 g/mol. The number of amides is 15. The highest BCUT2D eigenvalue weighted by Crippen LogP contribution is 2.60. The van der Waals surface area contributed by atoms with E-state index in [2.05, 4.69) is 63.8 Å². The van der Waals surface area contributed by atoms with E-state index >= 15 is 0 Å². The fourth-order valence-electron chi connectivity index (χ4n) is 24.1. The van der Waals surface area contributed by atoms with Gasteiger partial charge in [-0.1, -0.05) is 163 Å². The van der Waals surface area contributed by atoms with E-state index in [0.717, 1.165) is 141 Å². The Morgan fingerprint density at radius 3 is 1.05 bits per heavy atom. The topological polar surface area (TPSA) is 611 Å². The quantitative estimate of drug-likeness (QED) is 0.0653. The molecule has 11 aliphatic rings. The number of nitrogens with two attached hydrogens (primary N) is 3. The van der Waals surface area contributed by atoms with Crippen molar-refractivity contribution in [1.29, 1.82) is 0 Å². The van der Waals surface area contributed by atoms with E-state index in [0.29, 0.717) is 113 Å². The molecule has 11 fully saturated rings. The number of esters is 2. The molecule has 2 bridgehead atoms. The lowest BCUT2D eigenvalue weighted by molar-refractivity contribution is -0.160. The van der Waals surface area contributed by atoms with Gasteiger partial charge in [-0.05, 0) is 203 Å². The summed E-state index contributed by atoms with van der Waals surface area (Å²) < 4.78 is 18.2. The number of carbonyl (C=O) groups is 17. The van der Waals surface area contributed by atoms with Gasteiger partial charge < -0.3 is 125 Å². The van der Waals surface area contributed by atoms with Gasteiger partial charge in [0, 0.05) is 46.8 Å². The summed E-state index contributed by atoms with van der Waals surface area (Å²) in [6.45, 7) is 13.1. The molecule has 11 rings (SSSR count). The molecule has 0 aromatic heterocycles. The van der Waals surface area contributed by atoms with E-state index < -0.39 is 229 Å². The molecule has 8 saturated carbocycles. The highest BCUT2D eigenvalue weighted by atomic mass is 16.6. The Hall–Kier alpha value is -9.29. The zero-order chi connectivity index (χ0) is 107. The fraction of sp³-hybridized carbons (Fsp3) is 0.838. The molecule has 25 atom stereocenters. The summed E-state index contributed by atoms with van der Waals surface area (Å²) in [5, 5.41) is 63.3. The second-order valence-electron chi connectivity index (χ2n) is 44.2. The van der Waals surface area contributed by atoms with Gasteiger partial charge in [0.15, 0.2) is 0 Å². The molecular formula is C105H178N18O23. The minimum absolute atomic E-state index is 0.119. The van der Waals surface area contributed by atoms with Gasteiger partial charge in [0.05, 0.1) is 48.8 Å². The first-order chi connectivity index (χ1) is 69.6. The van der Waals surface area contributed by atoms with Crippen molar-refractivity contribution in [3.63, 3.8) is 0 Å². The van der Waals surface area contributed by atoms with Crippen molar-refractivity contribution in [2.45, 2.75) is 434 Å². The molecule has 3 heterocycles. The molecule has 1 spiro atoms. The first kappa shape index (κ1) is 120. The monoisotopic (exact) mass is 2060 g/mol. The highest BCUT2D eigenvalue weighted by molar-refractivity contribution is 6.00. The van der Waals surface area contributed by atoms with Gasteiger partial charge in [-0.25, -0.2) is 0 Å². The smallest absolute Gasteiger partial charge is 0.325 e. The van der Waals surface area contributed by atoms with Crippen molar-refractivity contribution in [3.05, 3.63) is 0 Å². The van der Waals surface area contributed by atoms with Gasteiger partial charge in [0.25, 0.3) is 0 Å². The van der Waals surface area contributed by atoms with E-state index in [-0.39, 0.29) is 67.6 Å². The van der Waals surface area contributed by atoms with E-state index in [9.17, 15) is 96.8 Å². The Balaban J connectivity index is 0.000000244. The number of aliphatic hydroxyl groups excluding tert-OH is 3. The molecule has 826 valence electrons. The number of cyclic esters (lactones) is 2. The summed E-state index contributed by atoms with van der Waals surface area (Å²) in [5.74, 6) is -11.0. The third kappa shape index (κ3) is 33.9. The van der Waals surface area contributed by atoms with Crippen molar-refractivity contribution < 1.29 is 111 Å². The summed E-state index contributed by atoms with van der Waals surface area (Å²) in [5.41, 5.74) is 18.1. The molecule has 15 amide bonds. The highest BCUT2D eigenvalue weighted by Gasteiger charge is 2.52. The minimum Gasteiger partial charge on any atom is -0.460 e. The van der Waals surface area contributed by atoms with Crippen LogP contribution in [0.1, 0.15) is 319 Å². The van der Waals surface area contributed by atoms with Crippen LogP contribution in [-0.2, 0) is 95.7 Å². The Morgan fingerprint density at radius 2 is 0.719 bits per heavy atom. The van der Waals surface area contributed by atoms with Crippen molar-refractivity contribution >= 4 is 101 Å². The number of nitrogens with one attached hydrogen (secondary N) is 12. The molecule has 41 nitrogen and oxygen atoms in total. The molecule has 3 aliphatic heterocycles. The number of rotatable bonds is 19. The first-order valence-electron chi connectivity index (χ1n) is 55.1. The van der Waals surface area contributed by atoms with Crippen LogP contribution >= 0.6 is 0 Å². The van der Waals surface area contributed by atoms with Gasteiger partial charge in [-0.2, -0.15) is 0 Å². The number of fused-ring (bicyclic) bond motifs is 3. The Bertz CT molecular complexity index is 4320. The van der Waals surface area contributed by atoms with Crippen LogP contribution in [0, 0.1) is 64.6 Å². The normalized spacial score (nSPS) is 33.4. The van der Waals surface area contributed by atoms with Crippen LogP contribution in [-0.4, -0.2) is 306 Å². The summed E-state index contributed by atoms with van der Waals surface area (Å²) in [4.78, 5) is 237.